The maximum Gasteiger partial charge on any atom is 0.312 e. The number of carbonyl (C=O) groups is 1. The van der Waals surface area contributed by atoms with Crippen LogP contribution in [0.1, 0.15) is 33.6 Å². The molecule has 74 valence electrons. The maximum atomic E-state index is 11.6. The summed E-state index contributed by atoms with van der Waals surface area (Å²) < 4.78 is 5.05. The molecule has 1 aliphatic carbocycles. The highest BCUT2D eigenvalue weighted by molar-refractivity contribution is 5.78. The van der Waals surface area contributed by atoms with E-state index in [1.165, 1.54) is 0 Å². The fourth-order valence-corrected chi connectivity index (χ4v) is 2.05. The van der Waals surface area contributed by atoms with Crippen LogP contribution in [0.15, 0.2) is 12.2 Å². The first-order valence-corrected chi connectivity index (χ1v) is 4.85. The summed E-state index contributed by atoms with van der Waals surface area (Å²) in [6.45, 7) is 10.2. The Bertz CT molecular complexity index is 232. The zero-order valence-corrected chi connectivity index (χ0v) is 8.72. The number of carbonyl (C=O) groups excluding carboxylic acids is 1. The highest BCUT2D eigenvalue weighted by Crippen LogP contribution is 2.50. The third kappa shape index (κ3) is 1.62. The molecule has 0 unspecified atom stereocenters. The summed E-state index contributed by atoms with van der Waals surface area (Å²) in [5, 5.41) is 0. The van der Waals surface area contributed by atoms with Crippen LogP contribution in [0, 0.1) is 11.3 Å². The van der Waals surface area contributed by atoms with E-state index >= 15 is 0 Å². The normalized spacial score (nSPS) is 32.1. The Morgan fingerprint density at radius 1 is 1.69 bits per heavy atom. The summed E-state index contributed by atoms with van der Waals surface area (Å²) in [4.78, 5) is 11.6. The van der Waals surface area contributed by atoms with Gasteiger partial charge in [0.05, 0.1) is 12.0 Å². The van der Waals surface area contributed by atoms with Gasteiger partial charge in [-0.3, -0.25) is 4.79 Å². The number of rotatable bonds is 3. The molecule has 13 heavy (non-hydrogen) atoms. The highest BCUT2D eigenvalue weighted by atomic mass is 16.5. The Kier molecular flexibility index (Phi) is 2.79. The minimum atomic E-state index is -0.290. The second-order valence-corrected chi connectivity index (χ2v) is 4.08. The quantitative estimate of drug-likeness (QED) is 0.495. The van der Waals surface area contributed by atoms with Gasteiger partial charge in [0.1, 0.15) is 0 Å². The van der Waals surface area contributed by atoms with Crippen LogP contribution in [0.4, 0.5) is 0 Å². The van der Waals surface area contributed by atoms with Crippen molar-refractivity contribution < 1.29 is 9.53 Å². The molecule has 0 saturated heterocycles. The van der Waals surface area contributed by atoms with Gasteiger partial charge in [-0.15, -0.1) is 0 Å². The van der Waals surface area contributed by atoms with Gasteiger partial charge in [-0.25, -0.2) is 0 Å². The molecule has 0 aromatic heterocycles. The van der Waals surface area contributed by atoms with Gasteiger partial charge in [0.15, 0.2) is 0 Å². The van der Waals surface area contributed by atoms with Gasteiger partial charge in [0.2, 0.25) is 0 Å². The number of esters is 1. The van der Waals surface area contributed by atoms with Crippen LogP contribution in [-0.2, 0) is 9.53 Å². The average molecular weight is 182 g/mol. The van der Waals surface area contributed by atoms with Gasteiger partial charge in [-0.1, -0.05) is 12.2 Å². The van der Waals surface area contributed by atoms with Gasteiger partial charge < -0.3 is 4.74 Å². The van der Waals surface area contributed by atoms with Crippen molar-refractivity contribution in [2.24, 2.45) is 11.3 Å². The van der Waals surface area contributed by atoms with Crippen LogP contribution in [0.5, 0.6) is 0 Å². The van der Waals surface area contributed by atoms with Crippen molar-refractivity contribution in [1.29, 1.82) is 0 Å². The maximum absolute atomic E-state index is 11.6. The molecule has 0 aliphatic heterocycles. The minimum Gasteiger partial charge on any atom is -0.466 e. The van der Waals surface area contributed by atoms with E-state index in [2.05, 4.69) is 6.58 Å². The number of allylic oxidation sites excluding steroid dienone is 1. The van der Waals surface area contributed by atoms with Crippen molar-refractivity contribution in [3.63, 3.8) is 0 Å². The molecule has 0 aromatic rings. The lowest BCUT2D eigenvalue weighted by molar-refractivity contribution is -0.163. The number of ether oxygens (including phenoxy) is 1. The molecule has 0 aromatic carbocycles. The molecule has 2 nitrogen and oxygen atoms in total. The molecule has 1 aliphatic rings. The molecule has 0 spiro atoms. The zero-order chi connectivity index (χ0) is 10.1. The minimum absolute atomic E-state index is 0.0609. The first-order valence-electron chi connectivity index (χ1n) is 4.85. The van der Waals surface area contributed by atoms with Crippen LogP contribution in [0.3, 0.4) is 0 Å². The smallest absolute Gasteiger partial charge is 0.312 e. The summed E-state index contributed by atoms with van der Waals surface area (Å²) >= 11 is 0. The molecule has 1 rings (SSSR count). The average Bonchev–Trinajstić information content (AvgIpc) is 2.00. The molecule has 0 bridgehead atoms. The fourth-order valence-electron chi connectivity index (χ4n) is 2.05. The number of hydrogen-bond acceptors (Lipinski definition) is 2. The molecule has 2 atom stereocenters. The predicted molar refractivity (Wildman–Crippen MR) is 52.3 cm³/mol. The topological polar surface area (TPSA) is 26.3 Å². The van der Waals surface area contributed by atoms with Crippen LogP contribution < -0.4 is 0 Å². The Morgan fingerprint density at radius 3 is 2.62 bits per heavy atom. The first kappa shape index (κ1) is 10.3. The van der Waals surface area contributed by atoms with Crippen LogP contribution in [0.25, 0.3) is 0 Å². The van der Waals surface area contributed by atoms with E-state index in [-0.39, 0.29) is 11.4 Å². The van der Waals surface area contributed by atoms with Gasteiger partial charge in [0.25, 0.3) is 0 Å². The van der Waals surface area contributed by atoms with E-state index in [9.17, 15) is 4.79 Å². The molecule has 1 saturated carbocycles. The Balaban J connectivity index is 2.66. The monoisotopic (exact) mass is 182 g/mol. The fraction of sp³-hybridized carbons (Fsp3) is 0.727. The van der Waals surface area contributed by atoms with Crippen molar-refractivity contribution in [2.45, 2.75) is 33.6 Å². The van der Waals surface area contributed by atoms with E-state index in [4.69, 9.17) is 4.74 Å². The molecule has 0 radical (unpaired) electrons. The SMILES string of the molecule is C=C(C)[C@@H]1CC[C@@]1(C)C(=O)OCC. The van der Waals surface area contributed by atoms with E-state index in [0.29, 0.717) is 12.5 Å². The van der Waals surface area contributed by atoms with E-state index in [1.54, 1.807) is 0 Å². The van der Waals surface area contributed by atoms with Crippen LogP contribution >= 0.6 is 0 Å². The lowest BCUT2D eigenvalue weighted by atomic mass is 9.59. The van der Waals surface area contributed by atoms with Crippen molar-refractivity contribution in [2.75, 3.05) is 6.61 Å². The van der Waals surface area contributed by atoms with Gasteiger partial charge in [-0.05, 0) is 39.5 Å². The second-order valence-electron chi connectivity index (χ2n) is 4.08. The molecule has 0 amide bonds. The molecule has 2 heteroatoms. The summed E-state index contributed by atoms with van der Waals surface area (Å²) in [6.07, 6.45) is 2.01. The van der Waals surface area contributed by atoms with Gasteiger partial charge >= 0.3 is 5.97 Å². The van der Waals surface area contributed by atoms with Crippen molar-refractivity contribution in [3.8, 4) is 0 Å². The molecule has 0 N–H and O–H groups in total. The third-order valence-electron chi connectivity index (χ3n) is 3.06. The summed E-state index contributed by atoms with van der Waals surface area (Å²) in [5.74, 6) is 0.265. The van der Waals surface area contributed by atoms with E-state index in [1.807, 2.05) is 20.8 Å². The zero-order valence-electron chi connectivity index (χ0n) is 8.72. The van der Waals surface area contributed by atoms with Crippen molar-refractivity contribution in [1.82, 2.24) is 0 Å². The lowest BCUT2D eigenvalue weighted by Gasteiger charge is -2.45. The third-order valence-corrected chi connectivity index (χ3v) is 3.06. The van der Waals surface area contributed by atoms with Gasteiger partial charge in [0, 0.05) is 0 Å². The van der Waals surface area contributed by atoms with Gasteiger partial charge in [-0.2, -0.15) is 0 Å². The largest absolute Gasteiger partial charge is 0.466 e. The predicted octanol–water partition coefficient (Wildman–Crippen LogP) is 2.54. The summed E-state index contributed by atoms with van der Waals surface area (Å²) in [6, 6.07) is 0. The standard InChI is InChI=1S/C11H18O2/c1-5-13-10(12)11(4)7-6-9(11)8(2)3/h9H,2,5-7H2,1,3-4H3/t9-,11+/m0/s1. The summed E-state index contributed by atoms with van der Waals surface area (Å²) in [5.41, 5.74) is 0.809. The molecular weight excluding hydrogens is 164 g/mol. The Hall–Kier alpha value is -0.790. The lowest BCUT2D eigenvalue weighted by Crippen LogP contribution is -2.45. The Labute approximate surface area is 80.0 Å². The molecule has 1 fully saturated rings. The molecule has 0 heterocycles. The first-order chi connectivity index (χ1) is 6.02. The molecular formula is C11H18O2. The van der Waals surface area contributed by atoms with E-state index in [0.717, 1.165) is 18.4 Å². The highest BCUT2D eigenvalue weighted by Gasteiger charge is 2.49. The second kappa shape index (κ2) is 3.52. The van der Waals surface area contributed by atoms with Crippen molar-refractivity contribution >= 4 is 5.97 Å². The Morgan fingerprint density at radius 2 is 2.31 bits per heavy atom. The van der Waals surface area contributed by atoms with Crippen LogP contribution in [-0.4, -0.2) is 12.6 Å². The van der Waals surface area contributed by atoms with Crippen LogP contribution in [0.2, 0.25) is 0 Å². The number of hydrogen-bond donors (Lipinski definition) is 0. The van der Waals surface area contributed by atoms with Crippen molar-refractivity contribution in [3.05, 3.63) is 12.2 Å². The summed E-state index contributed by atoms with van der Waals surface area (Å²) in [7, 11) is 0. The van der Waals surface area contributed by atoms with E-state index < -0.39 is 0 Å².